The molecule has 0 aromatic rings. The fourth-order valence-electron chi connectivity index (χ4n) is 0.442. The van der Waals surface area contributed by atoms with Crippen LogP contribution in [-0.2, 0) is 18.4 Å². The van der Waals surface area contributed by atoms with Gasteiger partial charge in [-0.3, -0.25) is 9.36 Å². The Hall–Kier alpha value is -0.180. The summed E-state index contributed by atoms with van der Waals surface area (Å²) in [6.07, 6.45) is 0. The number of hydrogen-bond donors (Lipinski definition) is 0. The fourth-order valence-corrected chi connectivity index (χ4v) is 1.33. The summed E-state index contributed by atoms with van der Waals surface area (Å²) in [5.74, 6) is 0. The van der Waals surface area contributed by atoms with Crippen LogP contribution in [0.3, 0.4) is 0 Å². The van der Waals surface area contributed by atoms with Crippen molar-refractivity contribution in [2.45, 2.75) is 13.8 Å². The molecule has 0 aliphatic heterocycles. The Morgan fingerprint density at radius 3 is 2.20 bits per heavy atom. The summed E-state index contributed by atoms with van der Waals surface area (Å²) in [5.41, 5.74) is -0.558. The van der Waals surface area contributed by atoms with E-state index in [4.69, 9.17) is 0 Å². The van der Waals surface area contributed by atoms with Crippen molar-refractivity contribution in [3.63, 3.8) is 0 Å². The van der Waals surface area contributed by atoms with E-state index in [2.05, 4.69) is 9.05 Å². The van der Waals surface area contributed by atoms with E-state index in [1.54, 1.807) is 6.92 Å². The average molecular weight is 166 g/mol. The second-order valence-electron chi connectivity index (χ2n) is 1.62. The van der Waals surface area contributed by atoms with Gasteiger partial charge < -0.3 is 9.05 Å². The van der Waals surface area contributed by atoms with Crippen molar-refractivity contribution in [1.82, 2.24) is 0 Å². The van der Waals surface area contributed by atoms with Gasteiger partial charge in [0, 0.05) is 14.0 Å². The molecule has 0 fully saturated rings. The molecular weight excluding hydrogens is 155 g/mol. The first-order valence-corrected chi connectivity index (χ1v) is 4.42. The molecule has 0 spiro atoms. The Morgan fingerprint density at radius 1 is 1.60 bits per heavy atom. The first-order valence-electron chi connectivity index (χ1n) is 2.88. The van der Waals surface area contributed by atoms with Gasteiger partial charge in [-0.2, -0.15) is 0 Å². The first kappa shape index (κ1) is 9.82. The van der Waals surface area contributed by atoms with Crippen molar-refractivity contribution in [1.29, 1.82) is 0 Å². The van der Waals surface area contributed by atoms with E-state index >= 15 is 0 Å². The maximum atomic E-state index is 11.1. The largest absolute Gasteiger partial charge is 0.396 e. The predicted molar refractivity (Wildman–Crippen MR) is 36.9 cm³/mol. The lowest BCUT2D eigenvalue weighted by molar-refractivity contribution is -0.111. The van der Waals surface area contributed by atoms with Crippen LogP contribution in [0.25, 0.3) is 0 Å². The number of carbonyl (C=O) groups is 1. The van der Waals surface area contributed by atoms with E-state index < -0.39 is 13.1 Å². The maximum Gasteiger partial charge on any atom is 0.396 e. The van der Waals surface area contributed by atoms with Crippen LogP contribution in [0.5, 0.6) is 0 Å². The third-order valence-electron chi connectivity index (χ3n) is 0.925. The van der Waals surface area contributed by atoms with E-state index in [0.29, 0.717) is 0 Å². The Kier molecular flexibility index (Phi) is 3.79. The van der Waals surface area contributed by atoms with Gasteiger partial charge >= 0.3 is 7.60 Å². The van der Waals surface area contributed by atoms with Crippen molar-refractivity contribution in [3.8, 4) is 0 Å². The van der Waals surface area contributed by atoms with Gasteiger partial charge in [-0.25, -0.2) is 0 Å². The van der Waals surface area contributed by atoms with Gasteiger partial charge in [-0.1, -0.05) is 0 Å². The lowest BCUT2D eigenvalue weighted by Crippen LogP contribution is -2.00. The van der Waals surface area contributed by atoms with E-state index in [-0.39, 0.29) is 6.61 Å². The van der Waals surface area contributed by atoms with Crippen molar-refractivity contribution >= 4 is 13.1 Å². The molecule has 0 aliphatic carbocycles. The number of carbonyl (C=O) groups excluding carboxylic acids is 1. The molecule has 5 heteroatoms. The van der Waals surface area contributed by atoms with Gasteiger partial charge in [0.1, 0.15) is 0 Å². The zero-order valence-corrected chi connectivity index (χ0v) is 7.18. The summed E-state index contributed by atoms with van der Waals surface area (Å²) in [5, 5.41) is 0. The Balaban J connectivity index is 4.25. The van der Waals surface area contributed by atoms with Gasteiger partial charge in [-0.05, 0) is 6.92 Å². The lowest BCUT2D eigenvalue weighted by atomic mass is 10.9. The topological polar surface area (TPSA) is 52.6 Å². The van der Waals surface area contributed by atoms with Crippen molar-refractivity contribution in [2.75, 3.05) is 13.7 Å². The summed E-state index contributed by atoms with van der Waals surface area (Å²) in [6, 6.07) is 0. The van der Waals surface area contributed by atoms with Gasteiger partial charge in [0.15, 0.2) is 0 Å². The highest BCUT2D eigenvalue weighted by Gasteiger charge is 2.28. The molecule has 0 aliphatic rings. The molecule has 1 unspecified atom stereocenters. The number of hydrogen-bond acceptors (Lipinski definition) is 4. The first-order chi connectivity index (χ1) is 4.56. The predicted octanol–water partition coefficient (Wildman–Crippen LogP) is 1.41. The minimum atomic E-state index is -3.41. The molecule has 0 bridgehead atoms. The summed E-state index contributed by atoms with van der Waals surface area (Å²) >= 11 is 0. The molecule has 60 valence electrons. The van der Waals surface area contributed by atoms with Gasteiger partial charge in [-0.15, -0.1) is 0 Å². The van der Waals surface area contributed by atoms with E-state index in [0.717, 1.165) is 0 Å². The molecule has 0 amide bonds. The molecule has 4 nitrogen and oxygen atoms in total. The van der Waals surface area contributed by atoms with Crippen LogP contribution in [0.4, 0.5) is 0 Å². The summed E-state index contributed by atoms with van der Waals surface area (Å²) < 4.78 is 20.1. The summed E-state index contributed by atoms with van der Waals surface area (Å²) in [6.45, 7) is 3.04. The van der Waals surface area contributed by atoms with Crippen molar-refractivity contribution in [3.05, 3.63) is 0 Å². The minimum absolute atomic E-state index is 0.213. The summed E-state index contributed by atoms with van der Waals surface area (Å²) in [4.78, 5) is 10.6. The molecule has 1 atom stereocenters. The highest BCUT2D eigenvalue weighted by atomic mass is 31.2. The summed E-state index contributed by atoms with van der Waals surface area (Å²) in [7, 11) is -2.22. The van der Waals surface area contributed by atoms with Gasteiger partial charge in [0.2, 0.25) is 5.52 Å². The van der Waals surface area contributed by atoms with Crippen LogP contribution in [-0.4, -0.2) is 19.2 Å². The molecular formula is C5H11O4P. The second kappa shape index (κ2) is 3.86. The van der Waals surface area contributed by atoms with Crippen molar-refractivity contribution in [2.24, 2.45) is 0 Å². The molecule has 0 aromatic heterocycles. The zero-order valence-electron chi connectivity index (χ0n) is 6.29. The minimum Gasteiger partial charge on any atom is -0.307 e. The van der Waals surface area contributed by atoms with Gasteiger partial charge in [0.05, 0.1) is 6.61 Å². The number of rotatable bonds is 4. The Morgan fingerprint density at radius 2 is 2.10 bits per heavy atom. The fraction of sp³-hybridized carbons (Fsp3) is 0.800. The van der Waals surface area contributed by atoms with Crippen LogP contribution in [0.2, 0.25) is 0 Å². The van der Waals surface area contributed by atoms with E-state index in [9.17, 15) is 9.36 Å². The molecule has 0 saturated carbocycles. The SMILES string of the molecule is CCOP(=O)(OC)C(C)=O. The Bertz CT molecular complexity index is 165. The Labute approximate surface area is 60.1 Å². The highest BCUT2D eigenvalue weighted by molar-refractivity contribution is 7.71. The normalized spacial score (nSPS) is 16.3. The smallest absolute Gasteiger partial charge is 0.307 e. The van der Waals surface area contributed by atoms with E-state index in [1.807, 2.05) is 0 Å². The second-order valence-corrected chi connectivity index (χ2v) is 3.86. The average Bonchev–Trinajstić information content (AvgIpc) is 1.88. The van der Waals surface area contributed by atoms with Crippen molar-refractivity contribution < 1.29 is 18.4 Å². The molecule has 0 saturated heterocycles. The van der Waals surface area contributed by atoms with E-state index in [1.165, 1.54) is 14.0 Å². The van der Waals surface area contributed by atoms with Crippen LogP contribution in [0, 0.1) is 0 Å². The van der Waals surface area contributed by atoms with Gasteiger partial charge in [0.25, 0.3) is 0 Å². The van der Waals surface area contributed by atoms with Crippen LogP contribution in [0.15, 0.2) is 0 Å². The maximum absolute atomic E-state index is 11.1. The molecule has 0 N–H and O–H groups in total. The lowest BCUT2D eigenvalue weighted by Gasteiger charge is -2.10. The van der Waals surface area contributed by atoms with Crippen LogP contribution in [0.1, 0.15) is 13.8 Å². The van der Waals surface area contributed by atoms with Crippen LogP contribution >= 0.6 is 7.60 Å². The monoisotopic (exact) mass is 166 g/mol. The molecule has 0 radical (unpaired) electrons. The highest BCUT2D eigenvalue weighted by Crippen LogP contribution is 2.47. The third kappa shape index (κ3) is 2.21. The molecule has 10 heavy (non-hydrogen) atoms. The third-order valence-corrected chi connectivity index (χ3v) is 2.78. The zero-order chi connectivity index (χ0) is 8.20. The standard InChI is InChI=1S/C5H11O4P/c1-4-9-10(7,8-3)5(2)6/h4H2,1-3H3. The quantitative estimate of drug-likeness (QED) is 0.592. The van der Waals surface area contributed by atoms with Crippen LogP contribution < -0.4 is 0 Å². The molecule has 0 heterocycles. The molecule has 0 aromatic carbocycles. The molecule has 0 rings (SSSR count).